The van der Waals surface area contributed by atoms with Crippen molar-refractivity contribution in [1.82, 2.24) is 5.32 Å². The predicted octanol–water partition coefficient (Wildman–Crippen LogP) is 1.35. The molecule has 0 aliphatic heterocycles. The summed E-state index contributed by atoms with van der Waals surface area (Å²) >= 11 is 0. The zero-order valence-corrected chi connectivity index (χ0v) is 10.3. The number of hydrogen-bond donors (Lipinski definition) is 1. The fraction of sp³-hybridized carbons (Fsp3) is 0.462. The van der Waals surface area contributed by atoms with Crippen molar-refractivity contribution < 1.29 is 14.3 Å². The molecule has 94 valence electrons. The van der Waals surface area contributed by atoms with E-state index in [1.54, 1.807) is 7.05 Å². The summed E-state index contributed by atoms with van der Waals surface area (Å²) in [5.74, 6) is -0.254. The molecule has 0 spiro atoms. The van der Waals surface area contributed by atoms with Crippen molar-refractivity contribution in [2.75, 3.05) is 20.8 Å². The molecular weight excluding hydrogens is 218 g/mol. The van der Waals surface area contributed by atoms with Crippen molar-refractivity contribution in [2.45, 2.75) is 19.1 Å². The van der Waals surface area contributed by atoms with Crippen LogP contribution >= 0.6 is 0 Å². The van der Waals surface area contributed by atoms with Gasteiger partial charge in [0.2, 0.25) is 0 Å². The lowest BCUT2D eigenvalue weighted by molar-refractivity contribution is -0.143. The minimum atomic E-state index is -0.296. The van der Waals surface area contributed by atoms with E-state index in [1.165, 1.54) is 7.11 Å². The highest BCUT2D eigenvalue weighted by Gasteiger charge is 2.15. The van der Waals surface area contributed by atoms with Gasteiger partial charge in [0.15, 0.2) is 0 Å². The van der Waals surface area contributed by atoms with Crippen LogP contribution in [0.15, 0.2) is 30.3 Å². The van der Waals surface area contributed by atoms with Gasteiger partial charge < -0.3 is 14.8 Å². The molecule has 0 aliphatic rings. The number of likely N-dealkylation sites (N-methyl/N-ethyl adjacent to an activating group) is 1. The number of ether oxygens (including phenoxy) is 2. The average Bonchev–Trinajstić information content (AvgIpc) is 2.39. The highest BCUT2D eigenvalue weighted by Crippen LogP contribution is 2.02. The standard InChI is InChI=1S/C13H19NO3/c1-14-12(13(15)16-2)8-9-17-10-11-6-4-3-5-7-11/h3-7,12,14H,8-10H2,1-2H3. The third kappa shape index (κ3) is 4.97. The van der Waals surface area contributed by atoms with E-state index < -0.39 is 0 Å². The maximum absolute atomic E-state index is 11.3. The van der Waals surface area contributed by atoms with Gasteiger partial charge in [-0.05, 0) is 19.0 Å². The van der Waals surface area contributed by atoms with Crippen LogP contribution in [0.4, 0.5) is 0 Å². The zero-order chi connectivity index (χ0) is 12.5. The minimum Gasteiger partial charge on any atom is -0.468 e. The van der Waals surface area contributed by atoms with Crippen molar-refractivity contribution in [3.8, 4) is 0 Å². The quantitative estimate of drug-likeness (QED) is 0.574. The second kappa shape index (κ2) is 7.81. The molecule has 0 saturated carbocycles. The summed E-state index contributed by atoms with van der Waals surface area (Å²) < 4.78 is 10.2. The van der Waals surface area contributed by atoms with Gasteiger partial charge in [0.25, 0.3) is 0 Å². The molecule has 1 aromatic carbocycles. The Morgan fingerprint density at radius 1 is 1.35 bits per heavy atom. The Bertz CT molecular complexity index is 327. The molecule has 0 bridgehead atoms. The number of rotatable bonds is 7. The molecule has 0 fully saturated rings. The molecule has 0 heterocycles. The molecule has 4 nitrogen and oxygen atoms in total. The van der Waals surface area contributed by atoms with Crippen LogP contribution in [-0.4, -0.2) is 32.8 Å². The summed E-state index contributed by atoms with van der Waals surface area (Å²) in [4.78, 5) is 11.3. The molecule has 1 aromatic rings. The van der Waals surface area contributed by atoms with Crippen LogP contribution in [0, 0.1) is 0 Å². The second-order valence-corrected chi connectivity index (χ2v) is 3.69. The third-order valence-electron chi connectivity index (χ3n) is 2.50. The number of carbonyl (C=O) groups is 1. The fourth-order valence-electron chi connectivity index (χ4n) is 1.49. The first kappa shape index (κ1) is 13.7. The number of carbonyl (C=O) groups excluding carboxylic acids is 1. The highest BCUT2D eigenvalue weighted by atomic mass is 16.5. The van der Waals surface area contributed by atoms with Crippen LogP contribution in [0.1, 0.15) is 12.0 Å². The second-order valence-electron chi connectivity index (χ2n) is 3.69. The number of benzene rings is 1. The van der Waals surface area contributed by atoms with E-state index in [0.717, 1.165) is 5.56 Å². The van der Waals surface area contributed by atoms with E-state index in [4.69, 9.17) is 4.74 Å². The Morgan fingerprint density at radius 3 is 2.65 bits per heavy atom. The maximum atomic E-state index is 11.3. The molecule has 0 aliphatic carbocycles. The van der Waals surface area contributed by atoms with Gasteiger partial charge in [-0.25, -0.2) is 0 Å². The van der Waals surface area contributed by atoms with Gasteiger partial charge in [0, 0.05) is 6.61 Å². The first-order valence-corrected chi connectivity index (χ1v) is 5.64. The SMILES string of the molecule is CNC(CCOCc1ccccc1)C(=O)OC. The molecule has 0 amide bonds. The first-order chi connectivity index (χ1) is 8.27. The molecule has 4 heteroatoms. The zero-order valence-electron chi connectivity index (χ0n) is 10.3. The summed E-state index contributed by atoms with van der Waals surface area (Å²) in [6, 6.07) is 9.65. The van der Waals surface area contributed by atoms with Crippen molar-refractivity contribution in [3.05, 3.63) is 35.9 Å². The van der Waals surface area contributed by atoms with Crippen molar-refractivity contribution in [1.29, 1.82) is 0 Å². The van der Waals surface area contributed by atoms with Gasteiger partial charge in [-0.3, -0.25) is 4.79 Å². The predicted molar refractivity (Wildman–Crippen MR) is 65.6 cm³/mol. The smallest absolute Gasteiger partial charge is 0.322 e. The fourth-order valence-corrected chi connectivity index (χ4v) is 1.49. The Hall–Kier alpha value is -1.39. The van der Waals surface area contributed by atoms with Crippen molar-refractivity contribution in [3.63, 3.8) is 0 Å². The van der Waals surface area contributed by atoms with Gasteiger partial charge >= 0.3 is 5.97 Å². The topological polar surface area (TPSA) is 47.6 Å². The average molecular weight is 237 g/mol. The molecule has 17 heavy (non-hydrogen) atoms. The van der Waals surface area contributed by atoms with E-state index in [9.17, 15) is 4.79 Å². The van der Waals surface area contributed by atoms with Gasteiger partial charge in [0.1, 0.15) is 6.04 Å². The van der Waals surface area contributed by atoms with Gasteiger partial charge in [-0.15, -0.1) is 0 Å². The van der Waals surface area contributed by atoms with Crippen LogP contribution in [-0.2, 0) is 20.9 Å². The van der Waals surface area contributed by atoms with Gasteiger partial charge in [0.05, 0.1) is 13.7 Å². The Kier molecular flexibility index (Phi) is 6.29. The summed E-state index contributed by atoms with van der Waals surface area (Å²) in [7, 11) is 3.12. The number of esters is 1. The monoisotopic (exact) mass is 237 g/mol. The lowest BCUT2D eigenvalue weighted by Gasteiger charge is -2.13. The lowest BCUT2D eigenvalue weighted by Crippen LogP contribution is -2.35. The molecular formula is C13H19NO3. The van der Waals surface area contributed by atoms with E-state index in [2.05, 4.69) is 10.1 Å². The normalized spacial score (nSPS) is 12.1. The van der Waals surface area contributed by atoms with Crippen molar-refractivity contribution >= 4 is 5.97 Å². The van der Waals surface area contributed by atoms with E-state index in [1.807, 2.05) is 30.3 Å². The minimum absolute atomic E-state index is 0.254. The molecule has 1 atom stereocenters. The van der Waals surface area contributed by atoms with Crippen molar-refractivity contribution in [2.24, 2.45) is 0 Å². The molecule has 1 unspecified atom stereocenters. The Morgan fingerprint density at radius 2 is 2.06 bits per heavy atom. The Labute approximate surface area is 102 Å². The number of hydrogen-bond acceptors (Lipinski definition) is 4. The van der Waals surface area contributed by atoms with E-state index >= 15 is 0 Å². The summed E-state index contributed by atoms with van der Waals surface area (Å²) in [5, 5.41) is 2.90. The van der Waals surface area contributed by atoms with E-state index in [0.29, 0.717) is 19.6 Å². The maximum Gasteiger partial charge on any atom is 0.322 e. The molecule has 0 saturated heterocycles. The largest absolute Gasteiger partial charge is 0.468 e. The summed E-state index contributed by atoms with van der Waals surface area (Å²) in [6.07, 6.45) is 0.607. The molecule has 0 aromatic heterocycles. The highest BCUT2D eigenvalue weighted by molar-refractivity contribution is 5.75. The third-order valence-corrected chi connectivity index (χ3v) is 2.50. The lowest BCUT2D eigenvalue weighted by atomic mass is 10.2. The van der Waals surface area contributed by atoms with Crippen LogP contribution in [0.3, 0.4) is 0 Å². The summed E-state index contributed by atoms with van der Waals surface area (Å²) in [5.41, 5.74) is 1.13. The van der Waals surface area contributed by atoms with E-state index in [-0.39, 0.29) is 12.0 Å². The number of methoxy groups -OCH3 is 1. The van der Waals surface area contributed by atoms with Crippen LogP contribution in [0.25, 0.3) is 0 Å². The number of nitrogens with one attached hydrogen (secondary N) is 1. The first-order valence-electron chi connectivity index (χ1n) is 5.64. The molecule has 1 N–H and O–H groups in total. The molecule has 0 radical (unpaired) electrons. The summed E-state index contributed by atoms with van der Waals surface area (Å²) in [6.45, 7) is 1.09. The molecule has 1 rings (SSSR count). The van der Waals surface area contributed by atoms with Gasteiger partial charge in [-0.2, -0.15) is 0 Å². The van der Waals surface area contributed by atoms with Crippen LogP contribution in [0.2, 0.25) is 0 Å². The van der Waals surface area contributed by atoms with Crippen LogP contribution < -0.4 is 5.32 Å². The van der Waals surface area contributed by atoms with Gasteiger partial charge in [-0.1, -0.05) is 30.3 Å². The van der Waals surface area contributed by atoms with Crippen LogP contribution in [0.5, 0.6) is 0 Å². The Balaban J connectivity index is 2.21.